The highest BCUT2D eigenvalue weighted by Gasteiger charge is 2.38. The van der Waals surface area contributed by atoms with Gasteiger partial charge < -0.3 is 5.32 Å². The second kappa shape index (κ2) is 7.23. The zero-order valence-electron chi connectivity index (χ0n) is 16.2. The number of nitrogens with zero attached hydrogens (tertiary/aromatic N) is 1. The number of imide groups is 1. The van der Waals surface area contributed by atoms with E-state index in [0.29, 0.717) is 11.3 Å². The Kier molecular flexibility index (Phi) is 5.00. The van der Waals surface area contributed by atoms with Gasteiger partial charge in [0, 0.05) is 12.2 Å². The number of hydrogen-bond acceptors (Lipinski definition) is 3. The molecule has 0 saturated heterocycles. The van der Waals surface area contributed by atoms with Crippen LogP contribution in [-0.2, 0) is 9.59 Å². The lowest BCUT2D eigenvalue weighted by molar-refractivity contribution is -0.136. The summed E-state index contributed by atoms with van der Waals surface area (Å²) >= 11 is 0. The fourth-order valence-electron chi connectivity index (χ4n) is 3.17. The molecule has 0 saturated carbocycles. The number of nitrogens with one attached hydrogen (secondary N) is 1. The molecule has 1 N–H and O–H groups in total. The first kappa shape index (κ1) is 18.6. The van der Waals surface area contributed by atoms with Crippen molar-refractivity contribution < 1.29 is 9.59 Å². The number of hydrogen-bond donors (Lipinski definition) is 1. The molecule has 2 amide bonds. The minimum Gasteiger partial charge on any atom is -0.350 e. The number of aryl methyl sites for hydroxylation is 3. The molecule has 3 rings (SSSR count). The highest BCUT2D eigenvalue weighted by Crippen LogP contribution is 2.32. The molecule has 0 atom stereocenters. The van der Waals surface area contributed by atoms with Crippen molar-refractivity contribution in [2.45, 2.75) is 27.7 Å². The van der Waals surface area contributed by atoms with Crippen LogP contribution in [0, 0.1) is 27.7 Å². The van der Waals surface area contributed by atoms with Crippen LogP contribution in [0.4, 0.5) is 5.69 Å². The van der Waals surface area contributed by atoms with E-state index in [1.807, 2.05) is 64.1 Å². The van der Waals surface area contributed by atoms with E-state index in [4.69, 9.17) is 0 Å². The number of rotatable bonds is 5. The maximum absolute atomic E-state index is 13.0. The molecular weight excluding hydrogens is 336 g/mol. The van der Waals surface area contributed by atoms with Gasteiger partial charge in [0.25, 0.3) is 11.8 Å². The predicted octanol–water partition coefficient (Wildman–Crippen LogP) is 4.30. The SMILES string of the molecule is C=CCN1C(=O)C(Nc2cccc(C)c2C)=C(c2ccc(C)c(C)c2)C1=O. The predicted molar refractivity (Wildman–Crippen MR) is 109 cm³/mol. The third-order valence-corrected chi connectivity index (χ3v) is 5.14. The van der Waals surface area contributed by atoms with E-state index in [9.17, 15) is 9.59 Å². The van der Waals surface area contributed by atoms with E-state index in [1.54, 1.807) is 6.08 Å². The molecule has 1 aliphatic heterocycles. The Bertz CT molecular complexity index is 986. The van der Waals surface area contributed by atoms with Crippen LogP contribution in [0.1, 0.15) is 27.8 Å². The van der Waals surface area contributed by atoms with Gasteiger partial charge in [0.1, 0.15) is 5.70 Å². The van der Waals surface area contributed by atoms with Crippen LogP contribution in [0.3, 0.4) is 0 Å². The summed E-state index contributed by atoms with van der Waals surface area (Å²) in [6.07, 6.45) is 1.56. The monoisotopic (exact) mass is 360 g/mol. The van der Waals surface area contributed by atoms with Crippen LogP contribution < -0.4 is 5.32 Å². The zero-order chi connectivity index (χ0) is 19.7. The van der Waals surface area contributed by atoms with Gasteiger partial charge in [-0.1, -0.05) is 36.4 Å². The van der Waals surface area contributed by atoms with Crippen LogP contribution in [0.5, 0.6) is 0 Å². The molecule has 27 heavy (non-hydrogen) atoms. The summed E-state index contributed by atoms with van der Waals surface area (Å²) in [4.78, 5) is 27.2. The Morgan fingerprint density at radius 3 is 2.37 bits per heavy atom. The van der Waals surface area contributed by atoms with Gasteiger partial charge in [0.15, 0.2) is 0 Å². The Labute approximate surface area is 160 Å². The van der Waals surface area contributed by atoms with Crippen LogP contribution in [0.25, 0.3) is 5.57 Å². The summed E-state index contributed by atoms with van der Waals surface area (Å²) in [5.41, 5.74) is 6.69. The quantitative estimate of drug-likeness (QED) is 0.639. The molecule has 0 spiro atoms. The van der Waals surface area contributed by atoms with Gasteiger partial charge in [-0.2, -0.15) is 0 Å². The summed E-state index contributed by atoms with van der Waals surface area (Å²) in [5, 5.41) is 3.23. The molecule has 138 valence electrons. The van der Waals surface area contributed by atoms with E-state index in [2.05, 4.69) is 11.9 Å². The maximum atomic E-state index is 13.0. The van der Waals surface area contributed by atoms with Crippen molar-refractivity contribution in [2.24, 2.45) is 0 Å². The van der Waals surface area contributed by atoms with Gasteiger partial charge in [0.05, 0.1) is 5.57 Å². The van der Waals surface area contributed by atoms with Crippen molar-refractivity contribution >= 4 is 23.1 Å². The zero-order valence-corrected chi connectivity index (χ0v) is 16.2. The average molecular weight is 360 g/mol. The van der Waals surface area contributed by atoms with E-state index < -0.39 is 0 Å². The van der Waals surface area contributed by atoms with Crippen molar-refractivity contribution in [2.75, 3.05) is 11.9 Å². The van der Waals surface area contributed by atoms with E-state index in [-0.39, 0.29) is 18.4 Å². The first-order chi connectivity index (χ1) is 12.8. The van der Waals surface area contributed by atoms with Gasteiger partial charge in [-0.05, 0) is 61.6 Å². The van der Waals surface area contributed by atoms with Gasteiger partial charge in [-0.3, -0.25) is 14.5 Å². The molecule has 0 fully saturated rings. The summed E-state index contributed by atoms with van der Waals surface area (Å²) < 4.78 is 0. The van der Waals surface area contributed by atoms with Crippen molar-refractivity contribution in [3.8, 4) is 0 Å². The molecule has 0 aliphatic carbocycles. The second-order valence-corrected chi connectivity index (χ2v) is 6.93. The van der Waals surface area contributed by atoms with E-state index in [1.165, 1.54) is 4.90 Å². The number of carbonyl (C=O) groups is 2. The van der Waals surface area contributed by atoms with E-state index in [0.717, 1.165) is 33.5 Å². The van der Waals surface area contributed by atoms with Crippen molar-refractivity contribution in [1.82, 2.24) is 4.90 Å². The third kappa shape index (κ3) is 3.31. The van der Waals surface area contributed by atoms with Gasteiger partial charge in [-0.25, -0.2) is 0 Å². The summed E-state index contributed by atoms with van der Waals surface area (Å²) in [5.74, 6) is -0.620. The molecule has 1 aliphatic rings. The maximum Gasteiger partial charge on any atom is 0.278 e. The topological polar surface area (TPSA) is 49.4 Å². The summed E-state index contributed by atoms with van der Waals surface area (Å²) in [7, 11) is 0. The molecule has 0 radical (unpaired) electrons. The standard InChI is InChI=1S/C23H24N2O2/c1-6-12-25-22(26)20(18-11-10-14(2)16(4)13-18)21(23(25)27)24-19-9-7-8-15(3)17(19)5/h6-11,13,24H,1,12H2,2-5H3. The molecule has 2 aromatic carbocycles. The fourth-order valence-corrected chi connectivity index (χ4v) is 3.17. The molecule has 1 heterocycles. The van der Waals surface area contributed by atoms with Crippen LogP contribution >= 0.6 is 0 Å². The first-order valence-electron chi connectivity index (χ1n) is 8.97. The highest BCUT2D eigenvalue weighted by atomic mass is 16.2. The van der Waals surface area contributed by atoms with Crippen LogP contribution in [-0.4, -0.2) is 23.3 Å². The Morgan fingerprint density at radius 2 is 1.70 bits per heavy atom. The average Bonchev–Trinajstić information content (AvgIpc) is 2.86. The number of anilines is 1. The molecule has 4 heteroatoms. The van der Waals surface area contributed by atoms with Crippen molar-refractivity contribution in [1.29, 1.82) is 0 Å². The third-order valence-electron chi connectivity index (χ3n) is 5.14. The fraction of sp³-hybridized carbons (Fsp3) is 0.217. The minimum absolute atomic E-state index is 0.185. The molecular formula is C23H24N2O2. The lowest BCUT2D eigenvalue weighted by atomic mass is 9.99. The molecule has 0 aromatic heterocycles. The van der Waals surface area contributed by atoms with E-state index >= 15 is 0 Å². The van der Waals surface area contributed by atoms with Gasteiger partial charge >= 0.3 is 0 Å². The minimum atomic E-state index is -0.325. The number of carbonyl (C=O) groups excluding carboxylic acids is 2. The van der Waals surface area contributed by atoms with Gasteiger partial charge in [0.2, 0.25) is 0 Å². The summed E-state index contributed by atoms with van der Waals surface area (Å²) in [6.45, 7) is 11.9. The molecule has 2 aromatic rings. The summed E-state index contributed by atoms with van der Waals surface area (Å²) in [6, 6.07) is 11.7. The van der Waals surface area contributed by atoms with Crippen LogP contribution in [0.2, 0.25) is 0 Å². The van der Waals surface area contributed by atoms with Crippen molar-refractivity contribution in [3.05, 3.63) is 82.6 Å². The lowest BCUT2D eigenvalue weighted by Crippen LogP contribution is -2.32. The van der Waals surface area contributed by atoms with Crippen LogP contribution in [0.15, 0.2) is 54.8 Å². The number of amides is 2. The number of benzene rings is 2. The Balaban J connectivity index is 2.15. The Hall–Kier alpha value is -3.14. The smallest absolute Gasteiger partial charge is 0.278 e. The molecule has 0 unspecified atom stereocenters. The lowest BCUT2D eigenvalue weighted by Gasteiger charge is -2.14. The molecule has 4 nitrogen and oxygen atoms in total. The normalized spacial score (nSPS) is 14.1. The Morgan fingerprint density at radius 1 is 0.963 bits per heavy atom. The molecule has 0 bridgehead atoms. The van der Waals surface area contributed by atoms with Gasteiger partial charge in [-0.15, -0.1) is 6.58 Å². The largest absolute Gasteiger partial charge is 0.350 e. The first-order valence-corrected chi connectivity index (χ1v) is 8.97. The highest BCUT2D eigenvalue weighted by molar-refractivity contribution is 6.36. The van der Waals surface area contributed by atoms with Crippen molar-refractivity contribution in [3.63, 3.8) is 0 Å². The second-order valence-electron chi connectivity index (χ2n) is 6.93.